The number of benzene rings is 1. The van der Waals surface area contributed by atoms with Crippen LogP contribution in [0.1, 0.15) is 24.5 Å². The lowest BCUT2D eigenvalue weighted by atomic mass is 10.1. The Labute approximate surface area is 109 Å². The molecule has 2 nitrogen and oxygen atoms in total. The van der Waals surface area contributed by atoms with Crippen molar-refractivity contribution in [2.24, 2.45) is 5.73 Å². The number of hydrogen-bond donors (Lipinski definition) is 1. The Kier molecular flexibility index (Phi) is 7.33. The van der Waals surface area contributed by atoms with E-state index >= 15 is 0 Å². The lowest BCUT2D eigenvalue weighted by molar-refractivity contribution is 0.0674. The molecule has 0 fully saturated rings. The molecular formula is C14H23NOS. The maximum atomic E-state index is 5.64. The summed E-state index contributed by atoms with van der Waals surface area (Å²) in [5.74, 6) is 2.19. The molecule has 0 aliphatic carbocycles. The molecule has 96 valence electrons. The van der Waals surface area contributed by atoms with Crippen LogP contribution < -0.4 is 5.73 Å². The molecule has 3 heteroatoms. The van der Waals surface area contributed by atoms with Crippen molar-refractivity contribution in [3.8, 4) is 0 Å². The van der Waals surface area contributed by atoms with E-state index in [1.165, 1.54) is 11.1 Å². The van der Waals surface area contributed by atoms with E-state index in [2.05, 4.69) is 31.2 Å². The fraction of sp³-hybridized carbons (Fsp3) is 0.571. The van der Waals surface area contributed by atoms with Gasteiger partial charge in [0.15, 0.2) is 0 Å². The fourth-order valence-corrected chi connectivity index (χ4v) is 2.79. The molecule has 1 unspecified atom stereocenters. The normalized spacial score (nSPS) is 12.6. The maximum Gasteiger partial charge on any atom is 0.0705 e. The molecule has 0 spiro atoms. The van der Waals surface area contributed by atoms with Crippen LogP contribution in [-0.2, 0) is 10.5 Å². The van der Waals surface area contributed by atoms with Crippen molar-refractivity contribution < 1.29 is 4.74 Å². The van der Waals surface area contributed by atoms with Crippen LogP contribution in [0.3, 0.4) is 0 Å². The number of rotatable bonds is 8. The van der Waals surface area contributed by atoms with Crippen molar-refractivity contribution in [1.29, 1.82) is 0 Å². The van der Waals surface area contributed by atoms with E-state index in [9.17, 15) is 0 Å². The molecular weight excluding hydrogens is 230 g/mol. The zero-order valence-electron chi connectivity index (χ0n) is 10.8. The van der Waals surface area contributed by atoms with Gasteiger partial charge in [-0.15, -0.1) is 0 Å². The Morgan fingerprint density at radius 3 is 2.76 bits per heavy atom. The van der Waals surface area contributed by atoms with Gasteiger partial charge in [0.05, 0.1) is 6.10 Å². The third kappa shape index (κ3) is 5.57. The third-order valence-electron chi connectivity index (χ3n) is 2.77. The first-order valence-electron chi connectivity index (χ1n) is 6.21. The predicted octanol–water partition coefficient (Wildman–Crippen LogP) is 2.98. The van der Waals surface area contributed by atoms with Crippen LogP contribution in [0.25, 0.3) is 0 Å². The molecule has 0 heterocycles. The highest BCUT2D eigenvalue weighted by Gasteiger charge is 2.05. The second-order valence-corrected chi connectivity index (χ2v) is 5.19. The second-order valence-electron chi connectivity index (χ2n) is 4.08. The van der Waals surface area contributed by atoms with Gasteiger partial charge >= 0.3 is 0 Å². The molecule has 1 aromatic carbocycles. The van der Waals surface area contributed by atoms with Gasteiger partial charge in [-0.2, -0.15) is 11.8 Å². The van der Waals surface area contributed by atoms with E-state index in [0.29, 0.717) is 6.54 Å². The van der Waals surface area contributed by atoms with E-state index in [-0.39, 0.29) is 6.10 Å². The van der Waals surface area contributed by atoms with Crippen molar-refractivity contribution in [3.63, 3.8) is 0 Å². The minimum atomic E-state index is 0.226. The van der Waals surface area contributed by atoms with E-state index in [0.717, 1.165) is 24.5 Å². The summed E-state index contributed by atoms with van der Waals surface area (Å²) in [4.78, 5) is 0. The summed E-state index contributed by atoms with van der Waals surface area (Å²) in [6.07, 6.45) is 1.27. The molecule has 0 bridgehead atoms. The summed E-state index contributed by atoms with van der Waals surface area (Å²) < 4.78 is 5.53. The van der Waals surface area contributed by atoms with Gasteiger partial charge in [0.1, 0.15) is 0 Å². The smallest absolute Gasteiger partial charge is 0.0705 e. The first-order valence-corrected chi connectivity index (χ1v) is 7.37. The SMILES string of the molecule is CCOC(CN)CCSCc1ccccc1C. The molecule has 2 N–H and O–H groups in total. The van der Waals surface area contributed by atoms with Gasteiger partial charge in [-0.25, -0.2) is 0 Å². The van der Waals surface area contributed by atoms with E-state index in [1.54, 1.807) is 0 Å². The molecule has 17 heavy (non-hydrogen) atoms. The quantitative estimate of drug-likeness (QED) is 0.723. The number of aryl methyl sites for hydroxylation is 1. The Hall–Kier alpha value is -0.510. The zero-order chi connectivity index (χ0) is 12.5. The molecule has 0 saturated heterocycles. The second kappa shape index (κ2) is 8.56. The van der Waals surface area contributed by atoms with Crippen molar-refractivity contribution in [2.75, 3.05) is 18.9 Å². The number of nitrogens with two attached hydrogens (primary N) is 1. The molecule has 0 saturated carbocycles. The van der Waals surface area contributed by atoms with Gasteiger partial charge in [-0.3, -0.25) is 0 Å². The van der Waals surface area contributed by atoms with Crippen LogP contribution in [0.5, 0.6) is 0 Å². The van der Waals surface area contributed by atoms with Crippen molar-refractivity contribution >= 4 is 11.8 Å². The summed E-state index contributed by atoms with van der Waals surface area (Å²) in [6.45, 7) is 5.56. The van der Waals surface area contributed by atoms with Crippen LogP contribution in [0.4, 0.5) is 0 Å². The maximum absolute atomic E-state index is 5.64. The lowest BCUT2D eigenvalue weighted by Crippen LogP contribution is -2.24. The van der Waals surface area contributed by atoms with E-state index in [1.807, 2.05) is 18.7 Å². The minimum absolute atomic E-state index is 0.226. The summed E-state index contributed by atoms with van der Waals surface area (Å²) in [5, 5.41) is 0. The zero-order valence-corrected chi connectivity index (χ0v) is 11.6. The van der Waals surface area contributed by atoms with Crippen LogP contribution in [-0.4, -0.2) is 25.0 Å². The topological polar surface area (TPSA) is 35.2 Å². The van der Waals surface area contributed by atoms with Gasteiger partial charge in [0.2, 0.25) is 0 Å². The molecule has 1 aromatic rings. The number of thioether (sulfide) groups is 1. The van der Waals surface area contributed by atoms with Crippen LogP contribution in [0.2, 0.25) is 0 Å². The van der Waals surface area contributed by atoms with Gasteiger partial charge in [0.25, 0.3) is 0 Å². The first kappa shape index (κ1) is 14.6. The highest BCUT2D eigenvalue weighted by molar-refractivity contribution is 7.98. The Morgan fingerprint density at radius 2 is 2.12 bits per heavy atom. The summed E-state index contributed by atoms with van der Waals surface area (Å²) in [7, 11) is 0. The van der Waals surface area contributed by atoms with Crippen LogP contribution in [0.15, 0.2) is 24.3 Å². The monoisotopic (exact) mass is 253 g/mol. The Balaban J connectivity index is 2.22. The molecule has 0 aliphatic rings. The Morgan fingerprint density at radius 1 is 1.35 bits per heavy atom. The van der Waals surface area contributed by atoms with Gasteiger partial charge in [-0.1, -0.05) is 24.3 Å². The largest absolute Gasteiger partial charge is 0.377 e. The molecule has 0 aliphatic heterocycles. The predicted molar refractivity (Wildman–Crippen MR) is 76.4 cm³/mol. The van der Waals surface area contributed by atoms with Crippen LogP contribution in [0, 0.1) is 6.92 Å². The van der Waals surface area contributed by atoms with Gasteiger partial charge in [0, 0.05) is 18.9 Å². The standard InChI is InChI=1S/C14H23NOS/c1-3-16-14(10-15)8-9-17-11-13-7-5-4-6-12(13)2/h4-7,14H,3,8-11,15H2,1-2H3. The molecule has 1 atom stereocenters. The number of hydrogen-bond acceptors (Lipinski definition) is 3. The number of ether oxygens (including phenoxy) is 1. The molecule has 0 aromatic heterocycles. The highest BCUT2D eigenvalue weighted by atomic mass is 32.2. The van der Waals surface area contributed by atoms with Crippen LogP contribution >= 0.6 is 11.8 Å². The van der Waals surface area contributed by atoms with Gasteiger partial charge in [-0.05, 0) is 37.1 Å². The summed E-state index contributed by atoms with van der Waals surface area (Å²) in [6, 6.07) is 8.55. The summed E-state index contributed by atoms with van der Waals surface area (Å²) >= 11 is 1.95. The molecule has 0 amide bonds. The molecule has 0 radical (unpaired) electrons. The summed E-state index contributed by atoms with van der Waals surface area (Å²) in [5.41, 5.74) is 8.45. The minimum Gasteiger partial charge on any atom is -0.377 e. The highest BCUT2D eigenvalue weighted by Crippen LogP contribution is 2.17. The third-order valence-corrected chi connectivity index (χ3v) is 3.81. The van der Waals surface area contributed by atoms with Crippen molar-refractivity contribution in [2.45, 2.75) is 32.1 Å². The van der Waals surface area contributed by atoms with E-state index in [4.69, 9.17) is 10.5 Å². The fourth-order valence-electron chi connectivity index (χ4n) is 1.67. The first-order chi connectivity index (χ1) is 8.27. The lowest BCUT2D eigenvalue weighted by Gasteiger charge is -2.14. The molecule has 1 rings (SSSR count). The van der Waals surface area contributed by atoms with Crippen molar-refractivity contribution in [3.05, 3.63) is 35.4 Å². The Bertz CT molecular complexity index is 317. The van der Waals surface area contributed by atoms with Gasteiger partial charge < -0.3 is 10.5 Å². The van der Waals surface area contributed by atoms with E-state index < -0.39 is 0 Å². The van der Waals surface area contributed by atoms with Crippen molar-refractivity contribution in [1.82, 2.24) is 0 Å². The average Bonchev–Trinajstić information content (AvgIpc) is 2.35. The average molecular weight is 253 g/mol.